The number of carbonyl (C=O) groups is 1. The highest BCUT2D eigenvalue weighted by Gasteiger charge is 2.44. The van der Waals surface area contributed by atoms with Crippen LogP contribution in [-0.2, 0) is 4.79 Å². The first-order valence-corrected chi connectivity index (χ1v) is 6.71. The zero-order valence-corrected chi connectivity index (χ0v) is 10.8. The Balaban J connectivity index is 1.88. The molecule has 3 heteroatoms. The molecular formula is C14H18ClNO. The van der Waals surface area contributed by atoms with Crippen molar-refractivity contribution in [3.63, 3.8) is 0 Å². The summed E-state index contributed by atoms with van der Waals surface area (Å²) in [6.07, 6.45) is 1.85. The number of hydrogen-bond acceptors (Lipinski definition) is 1. The molecule has 0 spiro atoms. The largest absolute Gasteiger partial charge is 0.352 e. The molecule has 17 heavy (non-hydrogen) atoms. The lowest BCUT2D eigenvalue weighted by molar-refractivity contribution is -0.123. The van der Waals surface area contributed by atoms with Gasteiger partial charge in [-0.25, -0.2) is 0 Å². The second kappa shape index (κ2) is 5.54. The molecule has 1 amide bonds. The van der Waals surface area contributed by atoms with Gasteiger partial charge in [-0.2, -0.15) is 0 Å². The Morgan fingerprint density at radius 1 is 1.47 bits per heavy atom. The highest BCUT2D eigenvalue weighted by Crippen LogP contribution is 2.47. The fourth-order valence-corrected chi connectivity index (χ4v) is 2.41. The van der Waals surface area contributed by atoms with E-state index >= 15 is 0 Å². The molecule has 1 saturated carbocycles. The van der Waals surface area contributed by atoms with Crippen LogP contribution in [0.5, 0.6) is 0 Å². The third-order valence-corrected chi connectivity index (χ3v) is 3.75. The summed E-state index contributed by atoms with van der Waals surface area (Å²) in [5.41, 5.74) is 1.27. The van der Waals surface area contributed by atoms with Crippen LogP contribution in [0.2, 0.25) is 0 Å². The molecule has 1 aliphatic rings. The number of rotatable bonds is 5. The molecule has 1 aromatic rings. The van der Waals surface area contributed by atoms with E-state index in [1.807, 2.05) is 25.1 Å². The van der Waals surface area contributed by atoms with Gasteiger partial charge in [-0.3, -0.25) is 4.79 Å². The molecule has 0 aliphatic heterocycles. The minimum Gasteiger partial charge on any atom is -0.352 e. The van der Waals surface area contributed by atoms with Gasteiger partial charge in [0.1, 0.15) is 0 Å². The number of amides is 1. The maximum Gasteiger partial charge on any atom is 0.224 e. The summed E-state index contributed by atoms with van der Waals surface area (Å²) in [7, 11) is 0. The molecule has 1 aromatic carbocycles. The molecule has 0 bridgehead atoms. The first-order chi connectivity index (χ1) is 8.26. The predicted octanol–water partition coefficient (Wildman–Crippen LogP) is 2.92. The van der Waals surface area contributed by atoms with Crippen molar-refractivity contribution in [1.29, 1.82) is 0 Å². The number of halogens is 1. The molecule has 92 valence electrons. The zero-order valence-electron chi connectivity index (χ0n) is 10.0. The van der Waals surface area contributed by atoms with E-state index in [4.69, 9.17) is 11.6 Å². The third kappa shape index (κ3) is 3.01. The maximum absolute atomic E-state index is 11.9. The SMILES string of the molecule is CCC(CCl)NC(=O)C1CC1c1ccccc1. The Hall–Kier alpha value is -1.02. The average Bonchev–Trinajstić information content (AvgIpc) is 3.17. The van der Waals surface area contributed by atoms with Gasteiger partial charge in [0.25, 0.3) is 0 Å². The second-order valence-corrected chi connectivity index (χ2v) is 4.94. The lowest BCUT2D eigenvalue weighted by atomic mass is 10.1. The Morgan fingerprint density at radius 3 is 2.76 bits per heavy atom. The van der Waals surface area contributed by atoms with E-state index in [0.29, 0.717) is 11.8 Å². The summed E-state index contributed by atoms with van der Waals surface area (Å²) >= 11 is 5.78. The van der Waals surface area contributed by atoms with Gasteiger partial charge in [0.2, 0.25) is 5.91 Å². The van der Waals surface area contributed by atoms with E-state index in [-0.39, 0.29) is 17.9 Å². The molecule has 1 N–H and O–H groups in total. The molecule has 3 atom stereocenters. The average molecular weight is 252 g/mol. The van der Waals surface area contributed by atoms with Crippen molar-refractivity contribution in [3.05, 3.63) is 35.9 Å². The van der Waals surface area contributed by atoms with Gasteiger partial charge in [-0.15, -0.1) is 11.6 Å². The van der Waals surface area contributed by atoms with Gasteiger partial charge in [-0.1, -0.05) is 37.3 Å². The normalized spacial score (nSPS) is 24.1. The molecular weight excluding hydrogens is 234 g/mol. The fourth-order valence-electron chi connectivity index (χ4n) is 2.11. The maximum atomic E-state index is 11.9. The molecule has 2 rings (SSSR count). The van der Waals surface area contributed by atoms with Crippen molar-refractivity contribution in [3.8, 4) is 0 Å². The van der Waals surface area contributed by atoms with E-state index in [2.05, 4.69) is 17.4 Å². The van der Waals surface area contributed by atoms with Crippen LogP contribution in [0, 0.1) is 5.92 Å². The lowest BCUT2D eigenvalue weighted by Crippen LogP contribution is -2.36. The molecule has 0 heterocycles. The van der Waals surface area contributed by atoms with Crippen LogP contribution >= 0.6 is 11.6 Å². The number of nitrogens with one attached hydrogen (secondary N) is 1. The quantitative estimate of drug-likeness (QED) is 0.801. The van der Waals surface area contributed by atoms with Crippen LogP contribution < -0.4 is 5.32 Å². The van der Waals surface area contributed by atoms with E-state index in [1.54, 1.807) is 0 Å². The van der Waals surface area contributed by atoms with Crippen LogP contribution in [0.4, 0.5) is 0 Å². The van der Waals surface area contributed by atoms with Crippen LogP contribution in [-0.4, -0.2) is 17.8 Å². The predicted molar refractivity (Wildman–Crippen MR) is 70.2 cm³/mol. The molecule has 2 nitrogen and oxygen atoms in total. The summed E-state index contributed by atoms with van der Waals surface area (Å²) in [6.45, 7) is 2.04. The Morgan fingerprint density at radius 2 is 2.18 bits per heavy atom. The number of carbonyl (C=O) groups excluding carboxylic acids is 1. The van der Waals surface area contributed by atoms with Gasteiger partial charge in [0, 0.05) is 17.8 Å². The van der Waals surface area contributed by atoms with Gasteiger partial charge >= 0.3 is 0 Å². The van der Waals surface area contributed by atoms with Crippen LogP contribution in [0.15, 0.2) is 30.3 Å². The summed E-state index contributed by atoms with van der Waals surface area (Å²) in [4.78, 5) is 11.9. The van der Waals surface area contributed by atoms with Gasteiger partial charge in [-0.05, 0) is 24.3 Å². The monoisotopic (exact) mass is 251 g/mol. The van der Waals surface area contributed by atoms with Crippen molar-refractivity contribution in [2.24, 2.45) is 5.92 Å². The van der Waals surface area contributed by atoms with Gasteiger partial charge in [0.05, 0.1) is 0 Å². The molecule has 0 saturated heterocycles. The van der Waals surface area contributed by atoms with E-state index in [0.717, 1.165) is 12.8 Å². The summed E-state index contributed by atoms with van der Waals surface area (Å²) in [5, 5.41) is 3.01. The minimum absolute atomic E-state index is 0.112. The molecule has 3 unspecified atom stereocenters. The first-order valence-electron chi connectivity index (χ1n) is 6.17. The fraction of sp³-hybridized carbons (Fsp3) is 0.500. The summed E-state index contributed by atoms with van der Waals surface area (Å²) < 4.78 is 0. The minimum atomic E-state index is 0.112. The van der Waals surface area contributed by atoms with Crippen molar-refractivity contribution in [1.82, 2.24) is 5.32 Å². The number of alkyl halides is 1. The van der Waals surface area contributed by atoms with Crippen LogP contribution in [0.3, 0.4) is 0 Å². The summed E-state index contributed by atoms with van der Waals surface area (Å²) in [6, 6.07) is 10.3. The Bertz CT molecular complexity index is 375. The van der Waals surface area contributed by atoms with Gasteiger partial charge in [0.15, 0.2) is 0 Å². The van der Waals surface area contributed by atoms with Crippen LogP contribution in [0.25, 0.3) is 0 Å². The molecule has 1 fully saturated rings. The molecule has 0 aromatic heterocycles. The van der Waals surface area contributed by atoms with E-state index in [9.17, 15) is 4.79 Å². The van der Waals surface area contributed by atoms with Crippen molar-refractivity contribution in [2.75, 3.05) is 5.88 Å². The Labute approximate surface area is 107 Å². The van der Waals surface area contributed by atoms with Crippen LogP contribution in [0.1, 0.15) is 31.2 Å². The van der Waals surface area contributed by atoms with E-state index < -0.39 is 0 Å². The van der Waals surface area contributed by atoms with Crippen molar-refractivity contribution >= 4 is 17.5 Å². The highest BCUT2D eigenvalue weighted by atomic mass is 35.5. The summed E-state index contributed by atoms with van der Waals surface area (Å²) in [5.74, 6) is 1.20. The van der Waals surface area contributed by atoms with Crippen molar-refractivity contribution in [2.45, 2.75) is 31.7 Å². The lowest BCUT2D eigenvalue weighted by Gasteiger charge is -2.13. The Kier molecular flexibility index (Phi) is 4.06. The smallest absolute Gasteiger partial charge is 0.224 e. The number of benzene rings is 1. The highest BCUT2D eigenvalue weighted by molar-refractivity contribution is 6.18. The zero-order chi connectivity index (χ0) is 12.3. The van der Waals surface area contributed by atoms with E-state index in [1.165, 1.54) is 5.56 Å². The first kappa shape index (κ1) is 12.4. The molecule has 1 aliphatic carbocycles. The third-order valence-electron chi connectivity index (χ3n) is 3.38. The molecule has 0 radical (unpaired) electrons. The van der Waals surface area contributed by atoms with Crippen molar-refractivity contribution < 1.29 is 4.79 Å². The number of hydrogen-bond donors (Lipinski definition) is 1. The standard InChI is InChI=1S/C14H18ClNO/c1-2-11(9-15)16-14(17)13-8-12(13)10-6-4-3-5-7-10/h3-7,11-13H,2,8-9H2,1H3,(H,16,17). The van der Waals surface area contributed by atoms with Gasteiger partial charge < -0.3 is 5.32 Å². The second-order valence-electron chi connectivity index (χ2n) is 4.63. The topological polar surface area (TPSA) is 29.1 Å².